The molecule has 1 fully saturated rings. The van der Waals surface area contributed by atoms with Gasteiger partial charge in [-0.25, -0.2) is 9.18 Å². The lowest BCUT2D eigenvalue weighted by Gasteiger charge is -2.42. The van der Waals surface area contributed by atoms with Crippen LogP contribution in [0.1, 0.15) is 83.7 Å². The molecule has 3 rings (SSSR count). The highest BCUT2D eigenvalue weighted by Gasteiger charge is 2.45. The fourth-order valence-corrected chi connectivity index (χ4v) is 5.37. The lowest BCUT2D eigenvalue weighted by Crippen LogP contribution is -2.55. The molecule has 0 unspecified atom stereocenters. The normalized spacial score (nSPS) is 18.5. The minimum Gasteiger partial charge on any atom is -0.476 e. The van der Waals surface area contributed by atoms with Crippen molar-refractivity contribution in [3.05, 3.63) is 23.3 Å². The number of likely N-dealkylation sites (tertiary alicyclic amines) is 1. The van der Waals surface area contributed by atoms with Crippen molar-refractivity contribution in [2.75, 3.05) is 37.8 Å². The average molecular weight is 631 g/mol. The number of anilines is 1. The summed E-state index contributed by atoms with van der Waals surface area (Å²) >= 11 is 0. The number of hydrogen-bond donors (Lipinski definition) is 1. The quantitative estimate of drug-likeness (QED) is 0.408. The van der Waals surface area contributed by atoms with Gasteiger partial charge in [0.2, 0.25) is 5.91 Å². The summed E-state index contributed by atoms with van der Waals surface area (Å²) < 4.78 is 67.1. The monoisotopic (exact) mass is 630 g/mol. The summed E-state index contributed by atoms with van der Waals surface area (Å²) in [7, 11) is 0. The van der Waals surface area contributed by atoms with Crippen LogP contribution >= 0.6 is 0 Å². The van der Waals surface area contributed by atoms with E-state index < -0.39 is 71.1 Å². The number of fused-ring (bicyclic) bond motifs is 1. The van der Waals surface area contributed by atoms with Gasteiger partial charge in [-0.1, -0.05) is 0 Å². The SMILES string of the molecule is CC(C)N(C(=O)c1cc2c(cc1C(F)(F)F)OC(C)(C)C(=O)N2CCC(=O)NCCF)[C@@H]1CCCN(C(=O)OC(C)(C)C)C1. The Kier molecular flexibility index (Phi) is 10.5. The van der Waals surface area contributed by atoms with Crippen molar-refractivity contribution < 1.29 is 46.2 Å². The second kappa shape index (κ2) is 13.2. The number of amides is 4. The van der Waals surface area contributed by atoms with E-state index in [1.54, 1.807) is 34.6 Å². The molecule has 1 aromatic rings. The first-order valence-electron chi connectivity index (χ1n) is 14.7. The van der Waals surface area contributed by atoms with E-state index in [0.717, 1.165) is 11.0 Å². The van der Waals surface area contributed by atoms with Crippen LogP contribution < -0.4 is 15.0 Å². The second-order valence-electron chi connectivity index (χ2n) is 12.7. The molecule has 4 amide bonds. The number of halogens is 4. The Hall–Kier alpha value is -3.58. The summed E-state index contributed by atoms with van der Waals surface area (Å²) in [6.07, 6.45) is -4.83. The van der Waals surface area contributed by atoms with E-state index in [4.69, 9.17) is 9.47 Å². The summed E-state index contributed by atoms with van der Waals surface area (Å²) in [6.45, 7) is 10.5. The fourth-order valence-electron chi connectivity index (χ4n) is 5.37. The summed E-state index contributed by atoms with van der Waals surface area (Å²) in [4.78, 5) is 56.3. The number of nitrogens with one attached hydrogen (secondary N) is 1. The summed E-state index contributed by atoms with van der Waals surface area (Å²) in [5.41, 5.74) is -4.34. The van der Waals surface area contributed by atoms with Gasteiger partial charge < -0.3 is 29.5 Å². The maximum absolute atomic E-state index is 14.5. The molecule has 2 aliphatic rings. The molecule has 14 heteroatoms. The Morgan fingerprint density at radius 3 is 2.41 bits per heavy atom. The molecule has 0 radical (unpaired) electrons. The molecule has 1 aromatic carbocycles. The van der Waals surface area contributed by atoms with Gasteiger partial charge in [0.1, 0.15) is 18.0 Å². The van der Waals surface area contributed by atoms with Gasteiger partial charge in [-0.15, -0.1) is 0 Å². The predicted molar refractivity (Wildman–Crippen MR) is 154 cm³/mol. The number of benzene rings is 1. The van der Waals surface area contributed by atoms with E-state index in [0.29, 0.717) is 25.5 Å². The topological polar surface area (TPSA) is 108 Å². The van der Waals surface area contributed by atoms with Crippen LogP contribution in [-0.4, -0.2) is 89.8 Å². The Labute approximate surface area is 255 Å². The number of rotatable bonds is 8. The minimum atomic E-state index is -4.95. The van der Waals surface area contributed by atoms with Crippen LogP contribution in [-0.2, 0) is 20.5 Å². The molecule has 44 heavy (non-hydrogen) atoms. The molecular weight excluding hydrogens is 588 g/mol. The minimum absolute atomic E-state index is 0.0705. The maximum atomic E-state index is 14.5. The van der Waals surface area contributed by atoms with Gasteiger partial charge in [-0.05, 0) is 73.4 Å². The van der Waals surface area contributed by atoms with E-state index >= 15 is 0 Å². The number of nitrogens with zero attached hydrogens (tertiary/aromatic N) is 3. The van der Waals surface area contributed by atoms with Crippen molar-refractivity contribution in [2.24, 2.45) is 0 Å². The van der Waals surface area contributed by atoms with Gasteiger partial charge in [0.25, 0.3) is 11.8 Å². The molecule has 0 spiro atoms. The third kappa shape index (κ3) is 8.12. The smallest absolute Gasteiger partial charge is 0.417 e. The maximum Gasteiger partial charge on any atom is 0.417 e. The van der Waals surface area contributed by atoms with E-state index in [1.807, 2.05) is 0 Å². The van der Waals surface area contributed by atoms with Gasteiger partial charge in [0, 0.05) is 38.6 Å². The molecule has 2 aliphatic heterocycles. The Morgan fingerprint density at radius 2 is 1.84 bits per heavy atom. The van der Waals surface area contributed by atoms with E-state index in [9.17, 15) is 36.7 Å². The molecule has 0 aromatic heterocycles. The molecule has 246 valence electrons. The molecule has 1 saturated heterocycles. The zero-order valence-corrected chi connectivity index (χ0v) is 26.3. The zero-order valence-electron chi connectivity index (χ0n) is 26.3. The first kappa shape index (κ1) is 34.9. The Balaban J connectivity index is 2.05. The molecule has 0 saturated carbocycles. The molecule has 1 atom stereocenters. The second-order valence-corrected chi connectivity index (χ2v) is 12.7. The van der Waals surface area contributed by atoms with E-state index in [-0.39, 0.29) is 37.5 Å². The summed E-state index contributed by atoms with van der Waals surface area (Å²) in [6, 6.07) is 0.541. The van der Waals surface area contributed by atoms with Crippen LogP contribution in [0.4, 0.5) is 28.0 Å². The summed E-state index contributed by atoms with van der Waals surface area (Å²) in [5.74, 6) is -2.37. The van der Waals surface area contributed by atoms with E-state index in [2.05, 4.69) is 5.32 Å². The van der Waals surface area contributed by atoms with Crippen LogP contribution in [0.5, 0.6) is 5.75 Å². The highest BCUT2D eigenvalue weighted by molar-refractivity contribution is 6.05. The molecular formula is C30H42F4N4O6. The lowest BCUT2D eigenvalue weighted by molar-refractivity contribution is -0.138. The molecule has 1 N–H and O–H groups in total. The third-order valence-corrected chi connectivity index (χ3v) is 7.26. The molecule has 10 nitrogen and oxygen atoms in total. The van der Waals surface area contributed by atoms with Crippen molar-refractivity contribution >= 4 is 29.5 Å². The average Bonchev–Trinajstić information content (AvgIpc) is 2.90. The van der Waals surface area contributed by atoms with Crippen molar-refractivity contribution in [3.63, 3.8) is 0 Å². The summed E-state index contributed by atoms with van der Waals surface area (Å²) in [5, 5.41) is 2.35. The van der Waals surface area contributed by atoms with Crippen LogP contribution in [0.2, 0.25) is 0 Å². The third-order valence-electron chi connectivity index (χ3n) is 7.26. The van der Waals surface area contributed by atoms with Crippen molar-refractivity contribution in [3.8, 4) is 5.75 Å². The standard InChI is InChI=1S/C30H42F4N4O6/c1-18(2)38(19-9-8-13-36(17-19)27(42)44-28(3,4)5)25(40)20-15-22-23(16-21(20)30(32,33)34)43-29(6,7)26(41)37(22)14-10-24(39)35-12-11-31/h15-16,18-19H,8-14,17H2,1-7H3,(H,35,39)/t19-/m1/s1. The van der Waals surface area contributed by atoms with Crippen molar-refractivity contribution in [2.45, 2.75) is 97.2 Å². The van der Waals surface area contributed by atoms with Gasteiger partial charge in [0.15, 0.2) is 5.60 Å². The number of ether oxygens (including phenoxy) is 2. The van der Waals surface area contributed by atoms with Crippen LogP contribution in [0.3, 0.4) is 0 Å². The number of carbonyl (C=O) groups excluding carboxylic acids is 4. The molecule has 2 heterocycles. The van der Waals surface area contributed by atoms with E-state index in [1.165, 1.54) is 23.6 Å². The number of hydrogen-bond acceptors (Lipinski definition) is 6. The Bertz CT molecular complexity index is 1260. The number of alkyl halides is 4. The van der Waals surface area contributed by atoms with Crippen LogP contribution in [0, 0.1) is 0 Å². The van der Waals surface area contributed by atoms with Gasteiger partial charge in [-0.2, -0.15) is 13.2 Å². The highest BCUT2D eigenvalue weighted by Crippen LogP contribution is 2.44. The largest absolute Gasteiger partial charge is 0.476 e. The van der Waals surface area contributed by atoms with Crippen LogP contribution in [0.25, 0.3) is 0 Å². The van der Waals surface area contributed by atoms with Crippen LogP contribution in [0.15, 0.2) is 12.1 Å². The molecule has 0 aliphatic carbocycles. The number of carbonyl (C=O) groups is 4. The zero-order chi connectivity index (χ0) is 33.2. The molecule has 0 bridgehead atoms. The fraction of sp³-hybridized carbons (Fsp3) is 0.667. The highest BCUT2D eigenvalue weighted by atomic mass is 19.4. The Morgan fingerprint density at radius 1 is 1.18 bits per heavy atom. The van der Waals surface area contributed by atoms with Gasteiger partial charge in [0.05, 0.1) is 22.9 Å². The predicted octanol–water partition coefficient (Wildman–Crippen LogP) is 4.94. The van der Waals surface area contributed by atoms with Gasteiger partial charge in [-0.3, -0.25) is 14.4 Å². The number of piperidine rings is 1. The first-order valence-corrected chi connectivity index (χ1v) is 14.7. The van der Waals surface area contributed by atoms with Crippen molar-refractivity contribution in [1.82, 2.24) is 15.1 Å². The van der Waals surface area contributed by atoms with Crippen molar-refractivity contribution in [1.29, 1.82) is 0 Å². The van der Waals surface area contributed by atoms with Gasteiger partial charge >= 0.3 is 12.3 Å². The first-order chi connectivity index (χ1) is 20.3. The lowest BCUT2D eigenvalue weighted by atomic mass is 9.96.